The molecule has 1 amide bonds. The van der Waals surface area contributed by atoms with E-state index in [0.717, 1.165) is 28.9 Å². The molecule has 1 heterocycles. The molecule has 2 aromatic carbocycles. The molecule has 0 bridgehead atoms. The Hall–Kier alpha value is -3.15. The van der Waals surface area contributed by atoms with Crippen LogP contribution < -0.4 is 10.1 Å². The van der Waals surface area contributed by atoms with Crippen molar-refractivity contribution < 1.29 is 13.9 Å². The summed E-state index contributed by atoms with van der Waals surface area (Å²) in [5.74, 6) is 1.74. The third kappa shape index (κ3) is 5.17. The van der Waals surface area contributed by atoms with Crippen molar-refractivity contribution in [1.82, 2.24) is 15.5 Å². The van der Waals surface area contributed by atoms with Crippen molar-refractivity contribution in [3.05, 3.63) is 65.5 Å². The van der Waals surface area contributed by atoms with Gasteiger partial charge < -0.3 is 14.5 Å². The number of methoxy groups -OCH3 is 1. The summed E-state index contributed by atoms with van der Waals surface area (Å²) in [6.45, 7) is 2.57. The van der Waals surface area contributed by atoms with Crippen LogP contribution in [0.5, 0.6) is 5.75 Å². The second kappa shape index (κ2) is 8.98. The fourth-order valence-corrected chi connectivity index (χ4v) is 2.76. The van der Waals surface area contributed by atoms with Gasteiger partial charge in [-0.15, -0.1) is 10.2 Å². The van der Waals surface area contributed by atoms with E-state index >= 15 is 0 Å². The lowest BCUT2D eigenvalue weighted by Gasteiger charge is -2.06. The monoisotopic (exact) mass is 365 g/mol. The minimum Gasteiger partial charge on any atom is -0.497 e. The molecule has 0 saturated heterocycles. The van der Waals surface area contributed by atoms with Crippen LogP contribution in [0.3, 0.4) is 0 Å². The Morgan fingerprint density at radius 3 is 2.78 bits per heavy atom. The predicted octanol–water partition coefficient (Wildman–Crippen LogP) is 3.35. The first-order chi connectivity index (χ1) is 13.2. The fourth-order valence-electron chi connectivity index (χ4n) is 2.76. The zero-order chi connectivity index (χ0) is 19.1. The highest BCUT2D eigenvalue weighted by molar-refractivity contribution is 5.76. The molecule has 0 aliphatic rings. The minimum absolute atomic E-state index is 0.0338. The summed E-state index contributed by atoms with van der Waals surface area (Å²) in [6.07, 6.45) is 1.48. The summed E-state index contributed by atoms with van der Waals surface area (Å²) in [6, 6.07) is 15.7. The molecular weight excluding hydrogens is 342 g/mol. The van der Waals surface area contributed by atoms with Crippen molar-refractivity contribution in [3.63, 3.8) is 0 Å². The van der Waals surface area contributed by atoms with Gasteiger partial charge in [-0.2, -0.15) is 0 Å². The smallest absolute Gasteiger partial charge is 0.247 e. The number of rotatable bonds is 8. The van der Waals surface area contributed by atoms with Gasteiger partial charge in [-0.1, -0.05) is 30.3 Å². The lowest BCUT2D eigenvalue weighted by atomic mass is 10.1. The molecule has 140 valence electrons. The van der Waals surface area contributed by atoms with E-state index in [1.807, 2.05) is 55.5 Å². The Labute approximate surface area is 158 Å². The number of nitrogens with zero attached hydrogens (tertiary/aromatic N) is 2. The van der Waals surface area contributed by atoms with Crippen LogP contribution in [0.4, 0.5) is 0 Å². The zero-order valence-corrected chi connectivity index (χ0v) is 15.6. The maximum absolute atomic E-state index is 12.0. The van der Waals surface area contributed by atoms with Gasteiger partial charge in [-0.05, 0) is 42.7 Å². The first-order valence-corrected chi connectivity index (χ1v) is 8.93. The molecule has 0 aliphatic heterocycles. The minimum atomic E-state index is -0.0338. The van der Waals surface area contributed by atoms with Crippen LogP contribution in [-0.2, 0) is 17.6 Å². The molecule has 1 N–H and O–H groups in total. The van der Waals surface area contributed by atoms with Crippen molar-refractivity contribution in [3.8, 4) is 17.2 Å². The van der Waals surface area contributed by atoms with Crippen molar-refractivity contribution in [1.29, 1.82) is 0 Å². The lowest BCUT2D eigenvalue weighted by Crippen LogP contribution is -2.25. The first kappa shape index (κ1) is 18.6. The van der Waals surface area contributed by atoms with Crippen LogP contribution in [0, 0.1) is 6.92 Å². The SMILES string of the molecule is COc1cccc(CCNC(=O)CCc2nnc(-c3ccccc3C)o2)c1. The number of hydrogen-bond donors (Lipinski definition) is 1. The summed E-state index contributed by atoms with van der Waals surface area (Å²) in [4.78, 5) is 12.0. The van der Waals surface area contributed by atoms with Gasteiger partial charge in [-0.25, -0.2) is 0 Å². The molecule has 0 spiro atoms. The van der Waals surface area contributed by atoms with E-state index in [4.69, 9.17) is 9.15 Å². The normalized spacial score (nSPS) is 10.6. The molecule has 3 aromatic rings. The number of carbonyl (C=O) groups is 1. The van der Waals surface area contributed by atoms with Gasteiger partial charge in [0.15, 0.2) is 0 Å². The average molecular weight is 365 g/mol. The molecule has 0 saturated carbocycles. The van der Waals surface area contributed by atoms with Crippen molar-refractivity contribution in [2.45, 2.75) is 26.2 Å². The highest BCUT2D eigenvalue weighted by Gasteiger charge is 2.12. The number of hydrogen-bond acceptors (Lipinski definition) is 5. The van der Waals surface area contributed by atoms with Gasteiger partial charge in [0.2, 0.25) is 17.7 Å². The number of aromatic nitrogens is 2. The Balaban J connectivity index is 1.45. The Morgan fingerprint density at radius 1 is 1.11 bits per heavy atom. The molecule has 3 rings (SSSR count). The molecule has 0 fully saturated rings. The molecule has 0 atom stereocenters. The highest BCUT2D eigenvalue weighted by atomic mass is 16.5. The van der Waals surface area contributed by atoms with Gasteiger partial charge in [-0.3, -0.25) is 4.79 Å². The Bertz CT molecular complexity index is 905. The highest BCUT2D eigenvalue weighted by Crippen LogP contribution is 2.21. The third-order valence-corrected chi connectivity index (χ3v) is 4.28. The standard InChI is InChI=1S/C21H23N3O3/c1-15-6-3-4-9-18(15)21-24-23-20(27-21)11-10-19(25)22-13-12-16-7-5-8-17(14-16)26-2/h3-9,14H,10-13H2,1-2H3,(H,22,25). The molecule has 6 nitrogen and oxygen atoms in total. The summed E-state index contributed by atoms with van der Waals surface area (Å²) in [5.41, 5.74) is 3.11. The molecule has 0 radical (unpaired) electrons. The Kier molecular flexibility index (Phi) is 6.20. The number of nitrogens with one attached hydrogen (secondary N) is 1. The van der Waals surface area contributed by atoms with Crippen LogP contribution >= 0.6 is 0 Å². The van der Waals surface area contributed by atoms with Gasteiger partial charge in [0.05, 0.1) is 7.11 Å². The van der Waals surface area contributed by atoms with E-state index in [1.54, 1.807) is 7.11 Å². The molecule has 6 heteroatoms. The topological polar surface area (TPSA) is 77.2 Å². The maximum atomic E-state index is 12.0. The van der Waals surface area contributed by atoms with Gasteiger partial charge in [0, 0.05) is 24.9 Å². The third-order valence-electron chi connectivity index (χ3n) is 4.28. The van der Waals surface area contributed by atoms with E-state index in [-0.39, 0.29) is 5.91 Å². The predicted molar refractivity (Wildman–Crippen MR) is 102 cm³/mol. The number of ether oxygens (including phenoxy) is 1. The zero-order valence-electron chi connectivity index (χ0n) is 15.6. The van der Waals surface area contributed by atoms with Crippen molar-refractivity contribution in [2.24, 2.45) is 0 Å². The van der Waals surface area contributed by atoms with E-state index in [0.29, 0.717) is 31.2 Å². The number of amides is 1. The van der Waals surface area contributed by atoms with Crippen LogP contribution in [0.15, 0.2) is 52.9 Å². The Morgan fingerprint density at radius 2 is 1.96 bits per heavy atom. The van der Waals surface area contributed by atoms with E-state index in [1.165, 1.54) is 0 Å². The molecular formula is C21H23N3O3. The van der Waals surface area contributed by atoms with Crippen LogP contribution in [0.1, 0.15) is 23.4 Å². The van der Waals surface area contributed by atoms with Gasteiger partial charge in [0.25, 0.3) is 0 Å². The average Bonchev–Trinajstić information content (AvgIpc) is 3.16. The van der Waals surface area contributed by atoms with Crippen LogP contribution in [-0.4, -0.2) is 29.8 Å². The second-order valence-electron chi connectivity index (χ2n) is 6.27. The second-order valence-corrected chi connectivity index (χ2v) is 6.27. The van der Waals surface area contributed by atoms with Gasteiger partial charge in [0.1, 0.15) is 5.75 Å². The van der Waals surface area contributed by atoms with Crippen molar-refractivity contribution in [2.75, 3.05) is 13.7 Å². The summed E-state index contributed by atoms with van der Waals surface area (Å²) in [5, 5.41) is 11.0. The quantitative estimate of drug-likeness (QED) is 0.662. The van der Waals surface area contributed by atoms with E-state index < -0.39 is 0 Å². The maximum Gasteiger partial charge on any atom is 0.247 e. The molecule has 0 unspecified atom stereocenters. The summed E-state index contributed by atoms with van der Waals surface area (Å²) in [7, 11) is 1.64. The number of aryl methyl sites for hydroxylation is 2. The van der Waals surface area contributed by atoms with Crippen LogP contribution in [0.2, 0.25) is 0 Å². The van der Waals surface area contributed by atoms with E-state index in [2.05, 4.69) is 15.5 Å². The van der Waals surface area contributed by atoms with Crippen LogP contribution in [0.25, 0.3) is 11.5 Å². The summed E-state index contributed by atoms with van der Waals surface area (Å²) < 4.78 is 10.9. The number of carbonyl (C=O) groups excluding carboxylic acids is 1. The van der Waals surface area contributed by atoms with E-state index in [9.17, 15) is 4.79 Å². The number of benzene rings is 2. The largest absolute Gasteiger partial charge is 0.497 e. The lowest BCUT2D eigenvalue weighted by molar-refractivity contribution is -0.121. The molecule has 27 heavy (non-hydrogen) atoms. The molecule has 1 aromatic heterocycles. The fraction of sp³-hybridized carbons (Fsp3) is 0.286. The molecule has 0 aliphatic carbocycles. The van der Waals surface area contributed by atoms with Crippen molar-refractivity contribution >= 4 is 5.91 Å². The van der Waals surface area contributed by atoms with Gasteiger partial charge >= 0.3 is 0 Å². The summed E-state index contributed by atoms with van der Waals surface area (Å²) >= 11 is 0. The first-order valence-electron chi connectivity index (χ1n) is 8.93.